The maximum atomic E-state index is 13.0. The van der Waals surface area contributed by atoms with Gasteiger partial charge in [-0.2, -0.15) is 0 Å². The van der Waals surface area contributed by atoms with E-state index < -0.39 is 0 Å². The van der Waals surface area contributed by atoms with Crippen LogP contribution in [0.5, 0.6) is 11.5 Å². The maximum Gasteiger partial charge on any atom is 0.231 e. The number of benzene rings is 1. The van der Waals surface area contributed by atoms with Crippen molar-refractivity contribution in [1.82, 2.24) is 20.0 Å². The number of likely N-dealkylation sites (tertiary alicyclic amines) is 1. The highest BCUT2D eigenvalue weighted by Crippen LogP contribution is 2.34. The molecule has 2 aliphatic rings. The average molecular weight is 406 g/mol. The summed E-state index contributed by atoms with van der Waals surface area (Å²) in [5.74, 6) is 2.31. The molecular formula is C22H22N4O4. The number of amides is 1. The first-order valence-electron chi connectivity index (χ1n) is 10.1. The predicted molar refractivity (Wildman–Crippen MR) is 107 cm³/mol. The molecule has 1 amide bonds. The lowest BCUT2D eigenvalue weighted by molar-refractivity contribution is -0.131. The highest BCUT2D eigenvalue weighted by atomic mass is 16.7. The van der Waals surface area contributed by atoms with Gasteiger partial charge in [0.05, 0.1) is 23.4 Å². The number of aryl methyl sites for hydroxylation is 1. The van der Waals surface area contributed by atoms with Crippen LogP contribution in [-0.2, 0) is 11.2 Å². The van der Waals surface area contributed by atoms with E-state index in [1.165, 1.54) is 0 Å². The van der Waals surface area contributed by atoms with E-state index in [1.807, 2.05) is 36.1 Å². The van der Waals surface area contributed by atoms with E-state index >= 15 is 0 Å². The van der Waals surface area contributed by atoms with E-state index in [1.54, 1.807) is 12.5 Å². The van der Waals surface area contributed by atoms with Crippen molar-refractivity contribution in [2.24, 2.45) is 0 Å². The molecule has 1 aromatic carbocycles. The van der Waals surface area contributed by atoms with Crippen molar-refractivity contribution in [3.05, 3.63) is 53.7 Å². The summed E-state index contributed by atoms with van der Waals surface area (Å²) in [6.07, 6.45) is 5.54. The van der Waals surface area contributed by atoms with Crippen LogP contribution in [0.1, 0.15) is 35.7 Å². The van der Waals surface area contributed by atoms with Crippen molar-refractivity contribution in [3.63, 3.8) is 0 Å². The molecule has 0 aliphatic carbocycles. The maximum absolute atomic E-state index is 13.0. The molecule has 0 N–H and O–H groups in total. The van der Waals surface area contributed by atoms with Crippen molar-refractivity contribution in [3.8, 4) is 22.8 Å². The minimum absolute atomic E-state index is 0.102. The van der Waals surface area contributed by atoms with Crippen LogP contribution in [0, 0.1) is 6.92 Å². The summed E-state index contributed by atoms with van der Waals surface area (Å²) in [5.41, 5.74) is 3.48. The number of carbonyl (C=O) groups is 1. The van der Waals surface area contributed by atoms with Gasteiger partial charge in [0.15, 0.2) is 17.3 Å². The van der Waals surface area contributed by atoms with E-state index in [-0.39, 0.29) is 18.6 Å². The minimum atomic E-state index is 0.102. The Bertz CT molecular complexity index is 1080. The van der Waals surface area contributed by atoms with E-state index in [4.69, 9.17) is 14.0 Å². The van der Waals surface area contributed by atoms with E-state index in [9.17, 15) is 4.79 Å². The number of aromatic nitrogens is 3. The molecule has 30 heavy (non-hydrogen) atoms. The summed E-state index contributed by atoms with van der Waals surface area (Å²) in [7, 11) is 0. The van der Waals surface area contributed by atoms with Crippen LogP contribution in [0.15, 0.2) is 41.3 Å². The zero-order valence-corrected chi connectivity index (χ0v) is 16.7. The van der Waals surface area contributed by atoms with Crippen LogP contribution in [0.2, 0.25) is 0 Å². The molecule has 1 fully saturated rings. The van der Waals surface area contributed by atoms with Gasteiger partial charge in [-0.25, -0.2) is 9.97 Å². The van der Waals surface area contributed by atoms with Crippen molar-refractivity contribution < 1.29 is 18.8 Å². The highest BCUT2D eigenvalue weighted by Gasteiger charge is 2.28. The number of hydrogen-bond acceptors (Lipinski definition) is 7. The fourth-order valence-corrected chi connectivity index (χ4v) is 4.11. The number of ether oxygens (including phenoxy) is 2. The summed E-state index contributed by atoms with van der Waals surface area (Å²) in [6, 6.07) is 7.54. The smallest absolute Gasteiger partial charge is 0.231 e. The summed E-state index contributed by atoms with van der Waals surface area (Å²) in [5, 5.41) is 3.98. The molecule has 0 radical (unpaired) electrons. The zero-order chi connectivity index (χ0) is 20.5. The average Bonchev–Trinajstić information content (AvgIpc) is 3.42. The molecule has 4 heterocycles. The number of piperidine rings is 1. The second kappa shape index (κ2) is 7.78. The Morgan fingerprint density at radius 3 is 3.00 bits per heavy atom. The molecular weight excluding hydrogens is 384 g/mol. The third kappa shape index (κ3) is 3.60. The van der Waals surface area contributed by atoms with Crippen LogP contribution in [-0.4, -0.2) is 45.8 Å². The Morgan fingerprint density at radius 1 is 1.23 bits per heavy atom. The first kappa shape index (κ1) is 18.6. The van der Waals surface area contributed by atoms with Crippen LogP contribution in [0.3, 0.4) is 0 Å². The van der Waals surface area contributed by atoms with Gasteiger partial charge in [0.2, 0.25) is 12.7 Å². The van der Waals surface area contributed by atoms with Gasteiger partial charge in [0.1, 0.15) is 6.33 Å². The Morgan fingerprint density at radius 2 is 2.13 bits per heavy atom. The molecule has 3 aromatic rings. The lowest BCUT2D eigenvalue weighted by Crippen LogP contribution is -2.40. The van der Waals surface area contributed by atoms with Crippen LogP contribution in [0.4, 0.5) is 0 Å². The second-order valence-corrected chi connectivity index (χ2v) is 7.70. The SMILES string of the molecule is Cc1cc(-c2cncnc2[C@H]2CCCN(C(=O)Cc3ccc4c(c3)OCO4)C2)on1. The topological polar surface area (TPSA) is 90.6 Å². The number of nitrogens with zero attached hydrogens (tertiary/aromatic N) is 4. The number of rotatable bonds is 4. The molecule has 5 rings (SSSR count). The molecule has 0 unspecified atom stereocenters. The van der Waals surface area contributed by atoms with E-state index in [2.05, 4.69) is 15.1 Å². The normalized spacial score (nSPS) is 17.9. The number of fused-ring (bicyclic) bond motifs is 1. The second-order valence-electron chi connectivity index (χ2n) is 7.70. The summed E-state index contributed by atoms with van der Waals surface area (Å²) in [4.78, 5) is 23.6. The largest absolute Gasteiger partial charge is 0.454 e. The summed E-state index contributed by atoms with van der Waals surface area (Å²) < 4.78 is 16.2. The first-order valence-corrected chi connectivity index (χ1v) is 10.1. The van der Waals surface area contributed by atoms with Gasteiger partial charge >= 0.3 is 0 Å². The summed E-state index contributed by atoms with van der Waals surface area (Å²) >= 11 is 0. The predicted octanol–water partition coefficient (Wildman–Crippen LogP) is 3.12. The monoisotopic (exact) mass is 406 g/mol. The third-order valence-corrected chi connectivity index (χ3v) is 5.59. The quantitative estimate of drug-likeness (QED) is 0.657. The highest BCUT2D eigenvalue weighted by molar-refractivity contribution is 5.79. The molecule has 0 saturated carbocycles. The van der Waals surface area contributed by atoms with E-state index in [0.717, 1.165) is 47.7 Å². The minimum Gasteiger partial charge on any atom is -0.454 e. The van der Waals surface area contributed by atoms with Crippen molar-refractivity contribution in [2.45, 2.75) is 32.1 Å². The molecule has 1 atom stereocenters. The molecule has 0 bridgehead atoms. The Hall–Kier alpha value is -3.42. The van der Waals surface area contributed by atoms with Gasteiger partial charge in [-0.15, -0.1) is 0 Å². The van der Waals surface area contributed by atoms with Gasteiger partial charge in [-0.1, -0.05) is 11.2 Å². The van der Waals surface area contributed by atoms with Crippen LogP contribution in [0.25, 0.3) is 11.3 Å². The fraction of sp³-hybridized carbons (Fsp3) is 0.364. The van der Waals surface area contributed by atoms with Gasteiger partial charge in [0, 0.05) is 31.3 Å². The van der Waals surface area contributed by atoms with E-state index in [0.29, 0.717) is 24.5 Å². The van der Waals surface area contributed by atoms with Gasteiger partial charge in [0.25, 0.3) is 0 Å². The molecule has 2 aliphatic heterocycles. The molecule has 2 aromatic heterocycles. The van der Waals surface area contributed by atoms with Gasteiger partial charge in [-0.05, 0) is 37.5 Å². The standard InChI is InChI=1S/C22H22N4O4/c1-14-7-19(30-25-14)17-10-23-12-24-22(17)16-3-2-6-26(11-16)21(27)9-15-4-5-18-20(8-15)29-13-28-18/h4-5,7-8,10,12,16H,2-3,6,9,11,13H2,1H3/t16-/m0/s1. The van der Waals surface area contributed by atoms with Crippen LogP contribution >= 0.6 is 0 Å². The third-order valence-electron chi connectivity index (χ3n) is 5.59. The van der Waals surface area contributed by atoms with Crippen molar-refractivity contribution in [2.75, 3.05) is 19.9 Å². The van der Waals surface area contributed by atoms with Crippen molar-refractivity contribution >= 4 is 5.91 Å². The zero-order valence-electron chi connectivity index (χ0n) is 16.7. The lowest BCUT2D eigenvalue weighted by atomic mass is 9.91. The fourth-order valence-electron chi connectivity index (χ4n) is 4.11. The molecule has 0 spiro atoms. The van der Waals surface area contributed by atoms with Crippen molar-refractivity contribution in [1.29, 1.82) is 0 Å². The number of hydrogen-bond donors (Lipinski definition) is 0. The summed E-state index contributed by atoms with van der Waals surface area (Å²) in [6.45, 7) is 3.49. The lowest BCUT2D eigenvalue weighted by Gasteiger charge is -2.33. The van der Waals surface area contributed by atoms with Gasteiger partial charge < -0.3 is 18.9 Å². The molecule has 8 nitrogen and oxygen atoms in total. The van der Waals surface area contributed by atoms with Gasteiger partial charge in [-0.3, -0.25) is 4.79 Å². The molecule has 1 saturated heterocycles. The number of carbonyl (C=O) groups excluding carboxylic acids is 1. The Kier molecular flexibility index (Phi) is 4.82. The molecule has 8 heteroatoms. The Labute approximate surface area is 173 Å². The van der Waals surface area contributed by atoms with Crippen LogP contribution < -0.4 is 9.47 Å². The molecule has 154 valence electrons. The Balaban J connectivity index is 1.32. The first-order chi connectivity index (χ1) is 14.7.